The van der Waals surface area contributed by atoms with Crippen LogP contribution in [0.25, 0.3) is 0 Å². The van der Waals surface area contributed by atoms with Crippen LogP contribution in [0.2, 0.25) is 0 Å². The first kappa shape index (κ1) is 11.3. The summed E-state index contributed by atoms with van der Waals surface area (Å²) in [6.45, 7) is 1.31. The average Bonchev–Trinajstić information content (AvgIpc) is 2.51. The molecule has 1 rings (SSSR count). The van der Waals surface area contributed by atoms with Gasteiger partial charge in [-0.05, 0) is 6.42 Å². The molecule has 0 aromatic rings. The summed E-state index contributed by atoms with van der Waals surface area (Å²) in [4.78, 5) is 23.3. The zero-order chi connectivity index (χ0) is 10.6. The lowest BCUT2D eigenvalue weighted by Gasteiger charge is -2.14. The van der Waals surface area contributed by atoms with E-state index >= 15 is 0 Å². The monoisotopic (exact) mass is 218 g/mol. The Morgan fingerprint density at radius 1 is 1.50 bits per heavy atom. The molecule has 1 aliphatic rings. The van der Waals surface area contributed by atoms with Crippen molar-refractivity contribution in [3.63, 3.8) is 0 Å². The van der Waals surface area contributed by atoms with E-state index < -0.39 is 5.97 Å². The number of likely N-dealkylation sites (tertiary alicyclic amines) is 1. The summed E-state index contributed by atoms with van der Waals surface area (Å²) in [5.74, 6) is -0.685. The van der Waals surface area contributed by atoms with Crippen LogP contribution in [0.3, 0.4) is 0 Å². The molecule has 0 aromatic heterocycles. The Bertz CT molecular complexity index is 235. The van der Waals surface area contributed by atoms with Crippen LogP contribution in [-0.2, 0) is 9.59 Å². The molecule has 0 radical (unpaired) electrons. The van der Waals surface area contributed by atoms with Gasteiger partial charge in [-0.2, -0.15) is 0 Å². The Hall–Kier alpha value is -0.750. The summed E-state index contributed by atoms with van der Waals surface area (Å²) in [5, 5.41) is 8.37. The number of thioether (sulfide) groups is 1. The van der Waals surface area contributed by atoms with Crippen LogP contribution in [0.5, 0.6) is 0 Å². The predicted molar refractivity (Wildman–Crippen MR) is 54.1 cm³/mol. The van der Waals surface area contributed by atoms with Crippen molar-refractivity contribution in [2.45, 2.75) is 12.5 Å². The maximum absolute atomic E-state index is 11.4. The van der Waals surface area contributed by atoms with Gasteiger partial charge in [0.2, 0.25) is 5.91 Å². The fraction of sp³-hybridized carbons (Fsp3) is 0.750. The number of carbonyl (C=O) groups is 2. The molecule has 0 aliphatic carbocycles. The molecule has 5 nitrogen and oxygen atoms in total. The van der Waals surface area contributed by atoms with Gasteiger partial charge >= 0.3 is 5.97 Å². The highest BCUT2D eigenvalue weighted by Gasteiger charge is 2.23. The van der Waals surface area contributed by atoms with Gasteiger partial charge in [0.25, 0.3) is 0 Å². The quantitative estimate of drug-likeness (QED) is 0.656. The van der Waals surface area contributed by atoms with Crippen molar-refractivity contribution in [1.82, 2.24) is 4.90 Å². The van der Waals surface area contributed by atoms with Gasteiger partial charge in [0.1, 0.15) is 0 Å². The molecule has 0 saturated carbocycles. The lowest BCUT2D eigenvalue weighted by molar-refractivity contribution is -0.133. The van der Waals surface area contributed by atoms with Crippen molar-refractivity contribution >= 4 is 23.6 Å². The van der Waals surface area contributed by atoms with Crippen LogP contribution in [0.15, 0.2) is 0 Å². The van der Waals surface area contributed by atoms with E-state index in [1.807, 2.05) is 0 Å². The Labute approximate surface area is 86.6 Å². The van der Waals surface area contributed by atoms with E-state index in [4.69, 9.17) is 10.8 Å². The van der Waals surface area contributed by atoms with Crippen molar-refractivity contribution in [3.8, 4) is 0 Å². The molecule has 1 saturated heterocycles. The summed E-state index contributed by atoms with van der Waals surface area (Å²) in [6.07, 6.45) is 0.843. The fourth-order valence-electron chi connectivity index (χ4n) is 1.33. The third kappa shape index (κ3) is 3.55. The van der Waals surface area contributed by atoms with Crippen molar-refractivity contribution in [2.75, 3.05) is 24.6 Å². The number of hydrogen-bond acceptors (Lipinski definition) is 4. The van der Waals surface area contributed by atoms with Gasteiger partial charge in [0.15, 0.2) is 0 Å². The number of hydrogen-bond donors (Lipinski definition) is 2. The minimum atomic E-state index is -0.888. The minimum absolute atomic E-state index is 0.01000. The zero-order valence-electron chi connectivity index (χ0n) is 7.81. The number of amides is 1. The highest BCUT2D eigenvalue weighted by molar-refractivity contribution is 8.00. The zero-order valence-corrected chi connectivity index (χ0v) is 8.63. The van der Waals surface area contributed by atoms with Crippen LogP contribution in [-0.4, -0.2) is 52.5 Å². The molecule has 80 valence electrons. The van der Waals surface area contributed by atoms with Crippen molar-refractivity contribution in [1.29, 1.82) is 0 Å². The normalized spacial score (nSPS) is 21.2. The fourth-order valence-corrected chi connectivity index (χ4v) is 1.96. The van der Waals surface area contributed by atoms with E-state index in [0.717, 1.165) is 18.2 Å². The Balaban J connectivity index is 2.18. The van der Waals surface area contributed by atoms with Crippen LogP contribution in [0, 0.1) is 0 Å². The largest absolute Gasteiger partial charge is 0.481 e. The molecule has 3 N–H and O–H groups in total. The highest BCUT2D eigenvalue weighted by atomic mass is 32.2. The molecular weight excluding hydrogens is 204 g/mol. The van der Waals surface area contributed by atoms with Gasteiger partial charge in [-0.3, -0.25) is 9.59 Å². The Kier molecular flexibility index (Phi) is 4.21. The molecule has 0 spiro atoms. The number of rotatable bonds is 4. The molecule has 0 bridgehead atoms. The summed E-state index contributed by atoms with van der Waals surface area (Å²) in [5.41, 5.74) is 5.65. The van der Waals surface area contributed by atoms with Gasteiger partial charge in [0.05, 0.1) is 11.5 Å². The Morgan fingerprint density at radius 2 is 2.21 bits per heavy atom. The van der Waals surface area contributed by atoms with Gasteiger partial charge in [0, 0.05) is 19.1 Å². The predicted octanol–water partition coefficient (Wildman–Crippen LogP) is -0.636. The molecule has 1 amide bonds. The number of nitrogens with zero attached hydrogens (tertiary/aromatic N) is 1. The molecule has 1 fully saturated rings. The molecular formula is C8H14N2O3S. The lowest BCUT2D eigenvalue weighted by Crippen LogP contribution is -2.33. The van der Waals surface area contributed by atoms with Gasteiger partial charge < -0.3 is 15.7 Å². The summed E-state index contributed by atoms with van der Waals surface area (Å²) >= 11 is 1.13. The van der Waals surface area contributed by atoms with Crippen molar-refractivity contribution in [2.24, 2.45) is 5.73 Å². The number of nitrogens with two attached hydrogens (primary N) is 1. The van der Waals surface area contributed by atoms with Crippen LogP contribution in [0.1, 0.15) is 6.42 Å². The standard InChI is InChI=1S/C8H14N2O3S/c9-6-1-2-10(3-6)7(11)4-14-5-8(12)13/h6H,1-5,9H2,(H,12,13). The van der Waals surface area contributed by atoms with E-state index in [2.05, 4.69) is 0 Å². The molecule has 1 heterocycles. The molecule has 14 heavy (non-hydrogen) atoms. The molecule has 0 aromatic carbocycles. The Morgan fingerprint density at radius 3 is 2.71 bits per heavy atom. The van der Waals surface area contributed by atoms with Crippen molar-refractivity contribution < 1.29 is 14.7 Å². The number of aliphatic carboxylic acids is 1. The topological polar surface area (TPSA) is 83.6 Å². The van der Waals surface area contributed by atoms with E-state index in [1.165, 1.54) is 0 Å². The molecule has 6 heteroatoms. The smallest absolute Gasteiger partial charge is 0.313 e. The first-order valence-corrected chi connectivity index (χ1v) is 5.58. The first-order chi connectivity index (χ1) is 6.59. The van der Waals surface area contributed by atoms with Gasteiger partial charge in [-0.15, -0.1) is 11.8 Å². The third-order valence-electron chi connectivity index (χ3n) is 2.03. The second kappa shape index (κ2) is 5.21. The van der Waals surface area contributed by atoms with Gasteiger partial charge in [-0.1, -0.05) is 0 Å². The number of carbonyl (C=O) groups excluding carboxylic acids is 1. The van der Waals surface area contributed by atoms with Crippen molar-refractivity contribution in [3.05, 3.63) is 0 Å². The molecule has 1 unspecified atom stereocenters. The molecule has 1 atom stereocenters. The summed E-state index contributed by atoms with van der Waals surface area (Å²) in [6, 6.07) is 0.0865. The van der Waals surface area contributed by atoms with E-state index in [1.54, 1.807) is 4.90 Å². The van der Waals surface area contributed by atoms with Gasteiger partial charge in [-0.25, -0.2) is 0 Å². The minimum Gasteiger partial charge on any atom is -0.481 e. The second-order valence-corrected chi connectivity index (χ2v) is 4.26. The maximum Gasteiger partial charge on any atom is 0.313 e. The van der Waals surface area contributed by atoms with E-state index in [-0.39, 0.29) is 23.5 Å². The van der Waals surface area contributed by atoms with E-state index in [9.17, 15) is 9.59 Å². The molecule has 1 aliphatic heterocycles. The number of carboxylic acids is 1. The second-order valence-electron chi connectivity index (χ2n) is 3.28. The summed E-state index contributed by atoms with van der Waals surface area (Å²) < 4.78 is 0. The SMILES string of the molecule is NC1CCN(C(=O)CSCC(=O)O)C1. The maximum atomic E-state index is 11.4. The third-order valence-corrected chi connectivity index (χ3v) is 2.93. The highest BCUT2D eigenvalue weighted by Crippen LogP contribution is 2.10. The lowest BCUT2D eigenvalue weighted by atomic mass is 10.3. The van der Waals surface area contributed by atoms with E-state index in [0.29, 0.717) is 13.1 Å². The van der Waals surface area contributed by atoms with Crippen LogP contribution < -0.4 is 5.73 Å². The first-order valence-electron chi connectivity index (χ1n) is 4.42. The van der Waals surface area contributed by atoms with Crippen LogP contribution >= 0.6 is 11.8 Å². The average molecular weight is 218 g/mol. The number of carboxylic acid groups (broad SMARTS) is 1. The summed E-state index contributed by atoms with van der Waals surface area (Å²) in [7, 11) is 0. The van der Waals surface area contributed by atoms with Crippen LogP contribution in [0.4, 0.5) is 0 Å².